The molecule has 208 valence electrons. The lowest BCUT2D eigenvalue weighted by atomic mass is 10.0. The molecule has 1 aromatic carbocycles. The number of hydrogen-bond donors (Lipinski definition) is 8. The zero-order chi connectivity index (χ0) is 28.8. The van der Waals surface area contributed by atoms with E-state index in [1.807, 2.05) is 0 Å². The molecule has 0 saturated heterocycles. The zero-order valence-corrected chi connectivity index (χ0v) is 20.3. The Morgan fingerprint density at radius 2 is 1.18 bits per heavy atom. The smallest absolute Gasteiger partial charge is 0.326 e. The summed E-state index contributed by atoms with van der Waals surface area (Å²) in [4.78, 5) is 82.9. The van der Waals surface area contributed by atoms with Gasteiger partial charge in [-0.05, 0) is 18.4 Å². The number of carboxylic acid groups (broad SMARTS) is 3. The van der Waals surface area contributed by atoms with Crippen LogP contribution in [-0.4, -0.2) is 81.0 Å². The molecule has 4 unspecified atom stereocenters. The molecule has 4 amide bonds. The minimum atomic E-state index is -1.57. The van der Waals surface area contributed by atoms with Gasteiger partial charge in [0.2, 0.25) is 23.6 Å². The van der Waals surface area contributed by atoms with E-state index in [-0.39, 0.29) is 6.42 Å². The van der Waals surface area contributed by atoms with Crippen LogP contribution in [0.25, 0.3) is 0 Å². The monoisotopic (exact) mass is 537 g/mol. The summed E-state index contributed by atoms with van der Waals surface area (Å²) in [5.74, 6) is -7.80. The number of benzene rings is 1. The zero-order valence-electron chi connectivity index (χ0n) is 20.3. The number of aliphatic carboxylic acids is 3. The predicted octanol–water partition coefficient (Wildman–Crippen LogP) is -2.30. The van der Waals surface area contributed by atoms with Crippen molar-refractivity contribution >= 4 is 41.5 Å². The Morgan fingerprint density at radius 3 is 1.68 bits per heavy atom. The first-order valence-corrected chi connectivity index (χ1v) is 11.5. The van der Waals surface area contributed by atoms with Crippen molar-refractivity contribution in [3.05, 3.63) is 35.9 Å². The third kappa shape index (κ3) is 11.9. The van der Waals surface area contributed by atoms with Crippen molar-refractivity contribution in [2.45, 2.75) is 62.7 Å². The molecule has 15 nitrogen and oxygen atoms in total. The van der Waals surface area contributed by atoms with Crippen molar-refractivity contribution < 1.29 is 48.9 Å². The average molecular weight is 538 g/mol. The first kappa shape index (κ1) is 31.5. The number of rotatable bonds is 17. The molecule has 38 heavy (non-hydrogen) atoms. The topological polar surface area (TPSA) is 268 Å². The van der Waals surface area contributed by atoms with E-state index in [1.54, 1.807) is 30.3 Å². The third-order valence-corrected chi connectivity index (χ3v) is 5.21. The number of primary amides is 1. The van der Waals surface area contributed by atoms with Gasteiger partial charge in [-0.1, -0.05) is 30.3 Å². The van der Waals surface area contributed by atoms with Crippen LogP contribution in [0.4, 0.5) is 0 Å². The van der Waals surface area contributed by atoms with Crippen LogP contribution >= 0.6 is 0 Å². The normalized spacial score (nSPS) is 13.7. The Hall–Kier alpha value is -4.53. The van der Waals surface area contributed by atoms with Crippen molar-refractivity contribution in [2.75, 3.05) is 0 Å². The Kier molecular flexibility index (Phi) is 12.9. The summed E-state index contributed by atoms with van der Waals surface area (Å²) in [6, 6.07) is 2.45. The molecule has 0 heterocycles. The van der Waals surface area contributed by atoms with E-state index in [4.69, 9.17) is 21.7 Å². The van der Waals surface area contributed by atoms with Crippen molar-refractivity contribution in [2.24, 2.45) is 11.5 Å². The highest BCUT2D eigenvalue weighted by Crippen LogP contribution is 2.08. The molecule has 0 fully saturated rings. The molecule has 0 bridgehead atoms. The van der Waals surface area contributed by atoms with Crippen LogP contribution in [0.2, 0.25) is 0 Å². The predicted molar refractivity (Wildman–Crippen MR) is 129 cm³/mol. The maximum atomic E-state index is 13.1. The molecule has 0 aliphatic rings. The standard InChI is InChI=1S/C23H31N5O10/c24-13(11-17(25)29)20(34)26-14(6-8-18(30)31)21(35)28-16(10-12-4-2-1-3-5-12)22(36)27-15(23(37)38)7-9-19(32)33/h1-5,13-16H,6-11,24H2,(H2,25,29)(H,26,34)(H,27,36)(H,28,35)(H,30,31)(H,32,33)(H,37,38). The third-order valence-electron chi connectivity index (χ3n) is 5.21. The second kappa shape index (κ2) is 15.6. The second-order valence-corrected chi connectivity index (χ2v) is 8.35. The summed E-state index contributed by atoms with van der Waals surface area (Å²) in [5, 5.41) is 34.0. The lowest BCUT2D eigenvalue weighted by molar-refractivity contribution is -0.143. The number of nitrogens with one attached hydrogen (secondary N) is 3. The Labute approximate surface area is 216 Å². The van der Waals surface area contributed by atoms with Gasteiger partial charge in [0, 0.05) is 19.3 Å². The summed E-state index contributed by atoms with van der Waals surface area (Å²) in [5.41, 5.74) is 11.2. The molecule has 0 spiro atoms. The van der Waals surface area contributed by atoms with E-state index >= 15 is 0 Å². The minimum Gasteiger partial charge on any atom is -0.481 e. The molecule has 10 N–H and O–H groups in total. The summed E-state index contributed by atoms with van der Waals surface area (Å²) in [6.07, 6.45) is -2.56. The molecule has 0 aromatic heterocycles. The van der Waals surface area contributed by atoms with Crippen LogP contribution in [0.3, 0.4) is 0 Å². The highest BCUT2D eigenvalue weighted by atomic mass is 16.4. The van der Waals surface area contributed by atoms with Gasteiger partial charge in [-0.3, -0.25) is 28.8 Å². The van der Waals surface area contributed by atoms with E-state index in [9.17, 15) is 38.7 Å². The molecule has 1 aromatic rings. The maximum Gasteiger partial charge on any atom is 0.326 e. The Bertz CT molecular complexity index is 1030. The number of hydrogen-bond acceptors (Lipinski definition) is 8. The summed E-state index contributed by atoms with van der Waals surface area (Å²) >= 11 is 0. The van der Waals surface area contributed by atoms with Crippen LogP contribution in [0.1, 0.15) is 37.7 Å². The van der Waals surface area contributed by atoms with E-state index in [0.717, 1.165) is 0 Å². The van der Waals surface area contributed by atoms with Gasteiger partial charge in [0.25, 0.3) is 0 Å². The van der Waals surface area contributed by atoms with Gasteiger partial charge in [-0.15, -0.1) is 0 Å². The van der Waals surface area contributed by atoms with Crippen molar-refractivity contribution in [1.82, 2.24) is 16.0 Å². The van der Waals surface area contributed by atoms with Crippen molar-refractivity contribution in [3.63, 3.8) is 0 Å². The van der Waals surface area contributed by atoms with Crippen LogP contribution in [0, 0.1) is 0 Å². The van der Waals surface area contributed by atoms with Crippen LogP contribution < -0.4 is 27.4 Å². The lowest BCUT2D eigenvalue weighted by Crippen LogP contribution is -2.57. The largest absolute Gasteiger partial charge is 0.481 e. The molecule has 1 rings (SSSR count). The average Bonchev–Trinajstić information content (AvgIpc) is 2.83. The molecule has 0 saturated carbocycles. The van der Waals surface area contributed by atoms with Gasteiger partial charge in [0.1, 0.15) is 18.1 Å². The summed E-state index contributed by atoms with van der Waals surface area (Å²) in [6.45, 7) is 0. The van der Waals surface area contributed by atoms with E-state index in [0.29, 0.717) is 5.56 Å². The van der Waals surface area contributed by atoms with Gasteiger partial charge < -0.3 is 42.7 Å². The van der Waals surface area contributed by atoms with Crippen molar-refractivity contribution in [3.8, 4) is 0 Å². The Morgan fingerprint density at radius 1 is 0.711 bits per heavy atom. The van der Waals surface area contributed by atoms with E-state index in [2.05, 4.69) is 16.0 Å². The number of carbonyl (C=O) groups is 7. The maximum absolute atomic E-state index is 13.1. The van der Waals surface area contributed by atoms with Gasteiger partial charge in [-0.2, -0.15) is 0 Å². The van der Waals surface area contributed by atoms with Crippen molar-refractivity contribution in [1.29, 1.82) is 0 Å². The fourth-order valence-corrected chi connectivity index (χ4v) is 3.25. The molecule has 4 atom stereocenters. The highest BCUT2D eigenvalue weighted by molar-refractivity contribution is 5.95. The van der Waals surface area contributed by atoms with Gasteiger partial charge in [0.05, 0.1) is 12.5 Å². The molecular weight excluding hydrogens is 506 g/mol. The summed E-state index contributed by atoms with van der Waals surface area (Å²) in [7, 11) is 0. The molecule has 0 aliphatic heterocycles. The highest BCUT2D eigenvalue weighted by Gasteiger charge is 2.31. The second-order valence-electron chi connectivity index (χ2n) is 8.35. The van der Waals surface area contributed by atoms with Crippen LogP contribution in [0.15, 0.2) is 30.3 Å². The first-order valence-electron chi connectivity index (χ1n) is 11.5. The first-order chi connectivity index (χ1) is 17.8. The molecule has 0 aliphatic carbocycles. The minimum absolute atomic E-state index is 0.121. The van der Waals surface area contributed by atoms with Gasteiger partial charge in [0.15, 0.2) is 0 Å². The van der Waals surface area contributed by atoms with E-state index in [1.165, 1.54) is 0 Å². The van der Waals surface area contributed by atoms with Crippen LogP contribution in [0.5, 0.6) is 0 Å². The fraction of sp³-hybridized carbons (Fsp3) is 0.435. The quantitative estimate of drug-likeness (QED) is 0.105. The number of nitrogens with two attached hydrogens (primary N) is 2. The molecule has 15 heteroatoms. The Balaban J connectivity index is 3.15. The fourth-order valence-electron chi connectivity index (χ4n) is 3.25. The van der Waals surface area contributed by atoms with E-state index < -0.39 is 97.8 Å². The lowest BCUT2D eigenvalue weighted by Gasteiger charge is -2.25. The molecular formula is C23H31N5O10. The molecule has 0 radical (unpaired) electrons. The summed E-state index contributed by atoms with van der Waals surface area (Å²) < 4.78 is 0. The van der Waals surface area contributed by atoms with Gasteiger partial charge >= 0.3 is 17.9 Å². The number of carbonyl (C=O) groups excluding carboxylic acids is 4. The number of carboxylic acids is 3. The number of amides is 4. The SMILES string of the molecule is NC(=O)CC(N)C(=O)NC(CCC(=O)O)C(=O)NC(Cc1ccccc1)C(=O)NC(CCC(=O)O)C(=O)O. The van der Waals surface area contributed by atoms with Crippen LogP contribution in [-0.2, 0) is 40.0 Å². The van der Waals surface area contributed by atoms with Gasteiger partial charge in [-0.25, -0.2) is 4.79 Å².